The molecule has 0 radical (unpaired) electrons. The maximum Gasteiger partial charge on any atom is 0.336 e. The monoisotopic (exact) mass is 314 g/mol. The highest BCUT2D eigenvalue weighted by molar-refractivity contribution is 7.84. The molecule has 2 N–H and O–H groups in total. The van der Waals surface area contributed by atoms with E-state index in [1.54, 1.807) is 13.2 Å². The van der Waals surface area contributed by atoms with E-state index in [0.717, 1.165) is 6.07 Å². The van der Waals surface area contributed by atoms with Gasteiger partial charge in [-0.3, -0.25) is 14.3 Å². The largest absolute Gasteiger partial charge is 0.478 e. The van der Waals surface area contributed by atoms with Crippen molar-refractivity contribution in [1.29, 1.82) is 0 Å². The molecule has 0 bridgehead atoms. The second-order valence-electron chi connectivity index (χ2n) is 4.84. The van der Waals surface area contributed by atoms with Gasteiger partial charge in [-0.2, -0.15) is 0 Å². The first-order valence-corrected chi connectivity index (χ1v) is 8.04. The predicted octanol–water partition coefficient (Wildman–Crippen LogP) is 2.17. The highest BCUT2D eigenvalue weighted by Crippen LogP contribution is 2.28. The van der Waals surface area contributed by atoms with Crippen LogP contribution in [0.15, 0.2) is 12.1 Å². The van der Waals surface area contributed by atoms with E-state index in [9.17, 15) is 19.1 Å². The predicted molar refractivity (Wildman–Crippen MR) is 81.4 cm³/mol. The summed E-state index contributed by atoms with van der Waals surface area (Å²) in [5.74, 6) is -0.711. The third kappa shape index (κ3) is 4.82. The number of hydrogen-bond donors (Lipinski definition) is 2. The highest BCUT2D eigenvalue weighted by Gasteiger charge is 2.19. The number of nitrogens with zero attached hydrogens (tertiary/aromatic N) is 1. The zero-order chi connectivity index (χ0) is 16.2. The van der Waals surface area contributed by atoms with Gasteiger partial charge in [0.25, 0.3) is 5.69 Å². The van der Waals surface area contributed by atoms with Gasteiger partial charge in [-0.05, 0) is 26.3 Å². The first kappa shape index (κ1) is 17.1. The summed E-state index contributed by atoms with van der Waals surface area (Å²) in [7, 11) is -0.915. The summed E-state index contributed by atoms with van der Waals surface area (Å²) in [6, 6.07) is 2.36. The number of anilines is 1. The van der Waals surface area contributed by atoms with Crippen molar-refractivity contribution in [1.82, 2.24) is 0 Å². The lowest BCUT2D eigenvalue weighted by Gasteiger charge is -2.17. The number of nitro benzene ring substituents is 1. The maximum absolute atomic E-state index is 11.1. The smallest absolute Gasteiger partial charge is 0.336 e. The molecule has 21 heavy (non-hydrogen) atoms. The van der Waals surface area contributed by atoms with Gasteiger partial charge in [-0.25, -0.2) is 4.79 Å². The quantitative estimate of drug-likeness (QED) is 0.589. The number of benzene rings is 1. The Morgan fingerprint density at radius 2 is 2.14 bits per heavy atom. The van der Waals surface area contributed by atoms with Gasteiger partial charge in [0, 0.05) is 46.2 Å². The van der Waals surface area contributed by atoms with Crippen molar-refractivity contribution in [2.45, 2.75) is 26.3 Å². The minimum Gasteiger partial charge on any atom is -0.478 e. The topological polar surface area (TPSA) is 110 Å². The zero-order valence-corrected chi connectivity index (χ0v) is 12.9. The van der Waals surface area contributed by atoms with E-state index < -0.39 is 21.7 Å². The molecule has 0 saturated carbocycles. The second-order valence-corrected chi connectivity index (χ2v) is 6.40. The van der Waals surface area contributed by atoms with Crippen LogP contribution in [0.2, 0.25) is 0 Å². The molecule has 2 unspecified atom stereocenters. The summed E-state index contributed by atoms with van der Waals surface area (Å²) >= 11 is 0. The molecule has 2 atom stereocenters. The van der Waals surface area contributed by atoms with Crippen LogP contribution in [-0.2, 0) is 10.8 Å². The molecule has 0 aromatic heterocycles. The lowest BCUT2D eigenvalue weighted by atomic mass is 10.1. The number of nitrogens with one attached hydrogen (secondary N) is 1. The van der Waals surface area contributed by atoms with Gasteiger partial charge in [-0.15, -0.1) is 0 Å². The van der Waals surface area contributed by atoms with Crippen molar-refractivity contribution in [2.75, 3.05) is 17.3 Å². The Morgan fingerprint density at radius 3 is 2.62 bits per heavy atom. The number of hydrogen-bond acceptors (Lipinski definition) is 5. The van der Waals surface area contributed by atoms with Crippen LogP contribution in [-0.4, -0.2) is 38.3 Å². The first-order chi connectivity index (χ1) is 9.72. The van der Waals surface area contributed by atoms with Gasteiger partial charge in [0.05, 0.1) is 10.5 Å². The number of nitro groups is 1. The number of carboxylic acids is 1. The van der Waals surface area contributed by atoms with Crippen LogP contribution in [0.3, 0.4) is 0 Å². The summed E-state index contributed by atoms with van der Waals surface area (Å²) in [4.78, 5) is 21.4. The Balaban J connectivity index is 3.07. The van der Waals surface area contributed by atoms with Crippen molar-refractivity contribution >= 4 is 28.1 Å². The van der Waals surface area contributed by atoms with Gasteiger partial charge in [0.15, 0.2) is 0 Å². The van der Waals surface area contributed by atoms with Crippen molar-refractivity contribution in [3.8, 4) is 0 Å². The van der Waals surface area contributed by atoms with Gasteiger partial charge in [-0.1, -0.05) is 0 Å². The molecule has 0 amide bonds. The third-order valence-electron chi connectivity index (χ3n) is 3.06. The van der Waals surface area contributed by atoms with Crippen molar-refractivity contribution in [3.05, 3.63) is 33.4 Å². The van der Waals surface area contributed by atoms with Crippen LogP contribution in [0.1, 0.15) is 29.3 Å². The van der Waals surface area contributed by atoms with E-state index in [0.29, 0.717) is 23.4 Å². The van der Waals surface area contributed by atoms with Gasteiger partial charge >= 0.3 is 5.97 Å². The zero-order valence-electron chi connectivity index (χ0n) is 12.1. The van der Waals surface area contributed by atoms with Crippen LogP contribution >= 0.6 is 0 Å². The lowest BCUT2D eigenvalue weighted by molar-refractivity contribution is -0.385. The van der Waals surface area contributed by atoms with Crippen molar-refractivity contribution in [3.63, 3.8) is 0 Å². The van der Waals surface area contributed by atoms with Gasteiger partial charge < -0.3 is 10.4 Å². The molecular weight excluding hydrogens is 296 g/mol. The van der Waals surface area contributed by atoms with Gasteiger partial charge in [0.1, 0.15) is 0 Å². The molecule has 0 saturated heterocycles. The highest BCUT2D eigenvalue weighted by atomic mass is 32.2. The molecule has 116 valence electrons. The molecule has 0 aliphatic carbocycles. The van der Waals surface area contributed by atoms with E-state index in [-0.39, 0.29) is 17.3 Å². The first-order valence-electron chi connectivity index (χ1n) is 6.31. The molecule has 0 aliphatic heterocycles. The second kappa shape index (κ2) is 7.16. The Kier molecular flexibility index (Phi) is 5.83. The summed E-state index contributed by atoms with van der Waals surface area (Å²) in [6.45, 7) is 3.42. The average Bonchev–Trinajstić information content (AvgIpc) is 2.38. The Morgan fingerprint density at radius 1 is 1.52 bits per heavy atom. The lowest BCUT2D eigenvalue weighted by Crippen LogP contribution is -2.19. The number of rotatable bonds is 7. The van der Waals surface area contributed by atoms with Crippen LogP contribution in [0.25, 0.3) is 0 Å². The summed E-state index contributed by atoms with van der Waals surface area (Å²) in [5, 5.41) is 23.1. The maximum atomic E-state index is 11.1. The SMILES string of the molecule is Cc1c(NC(C)CCS(C)=O)cc(C(=O)O)cc1[N+](=O)[O-]. The number of carboxylic acid groups (broad SMARTS) is 1. The van der Waals surface area contributed by atoms with E-state index in [1.165, 1.54) is 6.07 Å². The number of aromatic carboxylic acids is 1. The molecule has 1 aromatic rings. The minimum absolute atomic E-state index is 0.0729. The fourth-order valence-corrected chi connectivity index (χ4v) is 2.53. The molecule has 1 aromatic carbocycles. The van der Waals surface area contributed by atoms with Crippen LogP contribution in [0.5, 0.6) is 0 Å². The minimum atomic E-state index is -1.22. The van der Waals surface area contributed by atoms with Crippen molar-refractivity contribution in [2.24, 2.45) is 0 Å². The standard InChI is InChI=1S/C13H18N2O5S/c1-8(4-5-21(3)20)14-11-6-10(13(16)17)7-12(9(11)2)15(18)19/h6-8,14H,4-5H2,1-3H3,(H,16,17). The summed E-state index contributed by atoms with van der Waals surface area (Å²) in [6.07, 6.45) is 2.22. The molecule has 0 aliphatic rings. The van der Waals surface area contributed by atoms with Crippen LogP contribution in [0, 0.1) is 17.0 Å². The Labute approximate surface area is 125 Å². The summed E-state index contributed by atoms with van der Waals surface area (Å²) in [5.41, 5.74) is 0.426. The Hall–Kier alpha value is -1.96. The van der Waals surface area contributed by atoms with E-state index in [4.69, 9.17) is 5.11 Å². The van der Waals surface area contributed by atoms with E-state index in [1.807, 2.05) is 6.92 Å². The molecule has 8 heteroatoms. The van der Waals surface area contributed by atoms with Gasteiger partial charge in [0.2, 0.25) is 0 Å². The molecule has 1 rings (SSSR count). The van der Waals surface area contributed by atoms with Crippen LogP contribution in [0.4, 0.5) is 11.4 Å². The molecule has 0 spiro atoms. The molecular formula is C13H18N2O5S. The molecule has 7 nitrogen and oxygen atoms in total. The Bertz CT molecular complexity index is 588. The molecule has 0 heterocycles. The van der Waals surface area contributed by atoms with Crippen molar-refractivity contribution < 1.29 is 19.0 Å². The average molecular weight is 314 g/mol. The van der Waals surface area contributed by atoms with E-state index >= 15 is 0 Å². The fraction of sp³-hybridized carbons (Fsp3) is 0.462. The van der Waals surface area contributed by atoms with E-state index in [2.05, 4.69) is 5.32 Å². The number of carbonyl (C=O) groups is 1. The normalized spacial score (nSPS) is 13.5. The summed E-state index contributed by atoms with van der Waals surface area (Å²) < 4.78 is 11.1. The van der Waals surface area contributed by atoms with Crippen LogP contribution < -0.4 is 5.32 Å². The molecule has 0 fully saturated rings. The fourth-order valence-electron chi connectivity index (χ4n) is 1.84. The third-order valence-corrected chi connectivity index (χ3v) is 3.87.